The highest BCUT2D eigenvalue weighted by molar-refractivity contribution is 6.30. The van der Waals surface area contributed by atoms with Gasteiger partial charge in [-0.1, -0.05) is 23.7 Å². The van der Waals surface area contributed by atoms with E-state index in [1.165, 1.54) is 0 Å². The van der Waals surface area contributed by atoms with E-state index in [9.17, 15) is 19.6 Å². The monoisotopic (exact) mass is 374 g/mol. The topological polar surface area (TPSA) is 102 Å². The van der Waals surface area contributed by atoms with Crippen LogP contribution < -0.4 is 10.6 Å². The van der Waals surface area contributed by atoms with Gasteiger partial charge in [0.2, 0.25) is 5.91 Å². The summed E-state index contributed by atoms with van der Waals surface area (Å²) >= 11 is 5.87. The van der Waals surface area contributed by atoms with Crippen LogP contribution in [-0.2, 0) is 15.1 Å². The van der Waals surface area contributed by atoms with Gasteiger partial charge in [-0.15, -0.1) is 0 Å². The quantitative estimate of drug-likeness (QED) is 0.768. The van der Waals surface area contributed by atoms with Crippen LogP contribution in [0.25, 0.3) is 0 Å². The average molecular weight is 375 g/mol. The lowest BCUT2D eigenvalue weighted by Crippen LogP contribution is -2.51. The number of benzene rings is 1. The number of imide groups is 1. The van der Waals surface area contributed by atoms with Crippen molar-refractivity contribution in [2.45, 2.75) is 37.8 Å². The lowest BCUT2D eigenvalue weighted by Gasteiger charge is -2.25. The fourth-order valence-electron chi connectivity index (χ4n) is 3.17. The van der Waals surface area contributed by atoms with E-state index in [1.807, 2.05) is 0 Å². The van der Waals surface area contributed by atoms with Gasteiger partial charge in [0.05, 0.1) is 6.07 Å². The lowest BCUT2D eigenvalue weighted by molar-refractivity contribution is -0.135. The molecule has 1 saturated carbocycles. The number of carbonyl (C=O) groups is 3. The van der Waals surface area contributed by atoms with Gasteiger partial charge < -0.3 is 10.6 Å². The lowest BCUT2D eigenvalue weighted by atomic mass is 9.92. The smallest absolute Gasteiger partial charge is 0.325 e. The molecule has 0 bridgehead atoms. The zero-order valence-corrected chi connectivity index (χ0v) is 15.3. The van der Waals surface area contributed by atoms with Crippen LogP contribution in [-0.4, -0.2) is 34.8 Å². The summed E-state index contributed by atoms with van der Waals surface area (Å²) in [7, 11) is 0. The summed E-state index contributed by atoms with van der Waals surface area (Å²) < 4.78 is 0. The molecular weight excluding hydrogens is 356 g/mol. The second-order valence-corrected chi connectivity index (χ2v) is 7.53. The molecule has 2 fully saturated rings. The molecule has 1 aromatic rings. The van der Waals surface area contributed by atoms with Crippen molar-refractivity contribution in [3.8, 4) is 6.07 Å². The van der Waals surface area contributed by atoms with Crippen LogP contribution in [0.4, 0.5) is 4.79 Å². The van der Waals surface area contributed by atoms with Crippen molar-refractivity contribution in [1.82, 2.24) is 15.5 Å². The summed E-state index contributed by atoms with van der Waals surface area (Å²) in [6, 6.07) is 8.05. The van der Waals surface area contributed by atoms with Crippen molar-refractivity contribution < 1.29 is 14.4 Å². The number of hydrogen-bond acceptors (Lipinski definition) is 4. The molecule has 136 valence electrons. The van der Waals surface area contributed by atoms with Crippen LogP contribution in [0.1, 0.15) is 32.3 Å². The van der Waals surface area contributed by atoms with Crippen LogP contribution in [0.15, 0.2) is 24.3 Å². The maximum atomic E-state index is 12.8. The van der Waals surface area contributed by atoms with Crippen LogP contribution in [0.3, 0.4) is 0 Å². The van der Waals surface area contributed by atoms with Crippen molar-refractivity contribution in [3.05, 3.63) is 34.9 Å². The molecule has 1 aromatic carbocycles. The molecule has 1 aliphatic carbocycles. The first-order chi connectivity index (χ1) is 12.2. The van der Waals surface area contributed by atoms with Crippen LogP contribution in [0, 0.1) is 17.2 Å². The summed E-state index contributed by atoms with van der Waals surface area (Å²) in [4.78, 5) is 38.3. The normalized spacial score (nSPS) is 24.6. The largest absolute Gasteiger partial charge is 0.336 e. The molecule has 0 spiro atoms. The highest BCUT2D eigenvalue weighted by atomic mass is 35.5. The van der Waals surface area contributed by atoms with Gasteiger partial charge in [0.15, 0.2) is 0 Å². The van der Waals surface area contributed by atoms with Gasteiger partial charge in [-0.25, -0.2) is 4.79 Å². The Balaban J connectivity index is 1.74. The number of nitriles is 1. The van der Waals surface area contributed by atoms with E-state index in [0.29, 0.717) is 10.6 Å². The summed E-state index contributed by atoms with van der Waals surface area (Å²) in [6.45, 7) is 2.81. The molecule has 0 aromatic heterocycles. The van der Waals surface area contributed by atoms with Crippen LogP contribution in [0.5, 0.6) is 0 Å². The van der Waals surface area contributed by atoms with E-state index >= 15 is 0 Å². The number of carbonyl (C=O) groups excluding carboxylic acids is 3. The van der Waals surface area contributed by atoms with Gasteiger partial charge in [0, 0.05) is 5.02 Å². The first-order valence-electron chi connectivity index (χ1n) is 8.32. The second-order valence-electron chi connectivity index (χ2n) is 7.09. The third kappa shape index (κ3) is 3.13. The van der Waals surface area contributed by atoms with Crippen molar-refractivity contribution in [1.29, 1.82) is 5.26 Å². The van der Waals surface area contributed by atoms with E-state index in [1.54, 1.807) is 38.1 Å². The number of nitrogens with zero attached hydrogens (tertiary/aromatic N) is 2. The molecule has 3 rings (SSSR count). The van der Waals surface area contributed by atoms with Gasteiger partial charge >= 0.3 is 6.03 Å². The number of nitrogens with one attached hydrogen (secondary N) is 2. The van der Waals surface area contributed by atoms with Crippen molar-refractivity contribution >= 4 is 29.4 Å². The number of amides is 4. The maximum Gasteiger partial charge on any atom is 0.325 e. The molecule has 7 nitrogen and oxygen atoms in total. The number of hydrogen-bond donors (Lipinski definition) is 2. The first-order valence-corrected chi connectivity index (χ1v) is 8.70. The zero-order valence-electron chi connectivity index (χ0n) is 14.5. The average Bonchev–Trinajstić information content (AvgIpc) is 3.42. The third-order valence-electron chi connectivity index (χ3n) is 5.02. The molecule has 1 saturated heterocycles. The Morgan fingerprint density at radius 3 is 2.58 bits per heavy atom. The van der Waals surface area contributed by atoms with Gasteiger partial charge in [-0.05, 0) is 50.3 Å². The molecule has 8 heteroatoms. The van der Waals surface area contributed by atoms with E-state index < -0.39 is 35.5 Å². The molecule has 1 aliphatic heterocycles. The van der Waals surface area contributed by atoms with Gasteiger partial charge in [0.25, 0.3) is 5.91 Å². The maximum absolute atomic E-state index is 12.8. The molecule has 1 heterocycles. The predicted octanol–water partition coefficient (Wildman–Crippen LogP) is 1.92. The van der Waals surface area contributed by atoms with Crippen molar-refractivity contribution in [3.63, 3.8) is 0 Å². The summed E-state index contributed by atoms with van der Waals surface area (Å²) in [5.41, 5.74) is -1.67. The number of urea groups is 1. The van der Waals surface area contributed by atoms with E-state index in [0.717, 1.165) is 17.7 Å². The second kappa shape index (κ2) is 6.29. The molecule has 2 atom stereocenters. The summed E-state index contributed by atoms with van der Waals surface area (Å²) in [5.74, 6) is -0.950. The Morgan fingerprint density at radius 2 is 2.04 bits per heavy atom. The Hall–Kier alpha value is -2.59. The highest BCUT2D eigenvalue weighted by Gasteiger charge is 2.50. The molecule has 26 heavy (non-hydrogen) atoms. The molecular formula is C18H19ClN4O3. The van der Waals surface area contributed by atoms with Gasteiger partial charge in [0.1, 0.15) is 17.6 Å². The Morgan fingerprint density at radius 1 is 1.42 bits per heavy atom. The Bertz CT molecular complexity index is 815. The van der Waals surface area contributed by atoms with E-state index in [-0.39, 0.29) is 5.92 Å². The minimum absolute atomic E-state index is 0.110. The molecule has 2 N–H and O–H groups in total. The van der Waals surface area contributed by atoms with Crippen molar-refractivity contribution in [2.24, 2.45) is 5.92 Å². The van der Waals surface area contributed by atoms with Crippen LogP contribution in [0.2, 0.25) is 5.02 Å². The predicted molar refractivity (Wildman–Crippen MR) is 93.9 cm³/mol. The fourth-order valence-corrected chi connectivity index (χ4v) is 3.30. The Labute approximate surface area is 156 Å². The van der Waals surface area contributed by atoms with Crippen molar-refractivity contribution in [2.75, 3.05) is 6.54 Å². The van der Waals surface area contributed by atoms with Gasteiger partial charge in [-0.3, -0.25) is 14.5 Å². The van der Waals surface area contributed by atoms with Gasteiger partial charge in [-0.2, -0.15) is 5.26 Å². The molecule has 4 amide bonds. The van der Waals surface area contributed by atoms with Crippen LogP contribution >= 0.6 is 11.6 Å². The zero-order chi connectivity index (χ0) is 19.1. The minimum atomic E-state index is -1.27. The summed E-state index contributed by atoms with van der Waals surface area (Å²) in [6.07, 6.45) is 1.75. The summed E-state index contributed by atoms with van der Waals surface area (Å²) in [5, 5.41) is 15.1. The van der Waals surface area contributed by atoms with E-state index in [4.69, 9.17) is 11.6 Å². The minimum Gasteiger partial charge on any atom is -0.336 e. The molecule has 0 radical (unpaired) electrons. The molecule has 2 aliphatic rings. The third-order valence-corrected chi connectivity index (χ3v) is 5.28. The number of rotatable bonds is 5. The fraction of sp³-hybridized carbons (Fsp3) is 0.444. The number of halogens is 1. The first kappa shape index (κ1) is 18.2. The SMILES string of the molecule is CC1(c2ccc(Cl)cc2)NC(=O)N(CC(=O)NC(C)(C#N)C2CC2)C1=O. The van der Waals surface area contributed by atoms with E-state index in [2.05, 4.69) is 16.7 Å². The Kier molecular flexibility index (Phi) is 4.41. The standard InChI is InChI=1S/C18H19ClN4O3/c1-17(10-20,11-3-4-11)21-14(24)9-23-15(25)18(2,22-16(23)26)12-5-7-13(19)8-6-12/h5-8,11H,3-4,9H2,1-2H3,(H,21,24)(H,22,26). The highest BCUT2D eigenvalue weighted by Crippen LogP contribution is 2.39. The molecule has 2 unspecified atom stereocenters.